The van der Waals surface area contributed by atoms with E-state index in [0.29, 0.717) is 0 Å². The van der Waals surface area contributed by atoms with Crippen molar-refractivity contribution < 1.29 is 4.79 Å². The van der Waals surface area contributed by atoms with E-state index in [9.17, 15) is 4.79 Å². The second-order valence-corrected chi connectivity index (χ2v) is 7.25. The monoisotopic (exact) mass is 385 g/mol. The second-order valence-electron chi connectivity index (χ2n) is 6.46. The van der Waals surface area contributed by atoms with Gasteiger partial charge in [0.15, 0.2) is 0 Å². The number of halogens is 1. The van der Waals surface area contributed by atoms with E-state index >= 15 is 0 Å². The van der Waals surface area contributed by atoms with Crippen LogP contribution in [0, 0.1) is 0 Å². The van der Waals surface area contributed by atoms with Gasteiger partial charge in [-0.2, -0.15) is 0 Å². The summed E-state index contributed by atoms with van der Waals surface area (Å²) in [6.07, 6.45) is 2.96. The molecule has 24 heavy (non-hydrogen) atoms. The first-order valence-electron chi connectivity index (χ1n) is 8.67. The van der Waals surface area contributed by atoms with Crippen LogP contribution in [-0.4, -0.2) is 29.7 Å². The molecule has 0 aromatic heterocycles. The maximum atomic E-state index is 13.5. The highest BCUT2D eigenvalue weighted by molar-refractivity contribution is 9.09. The van der Waals surface area contributed by atoms with Gasteiger partial charge < -0.3 is 4.90 Å². The van der Waals surface area contributed by atoms with Crippen LogP contribution in [0.3, 0.4) is 0 Å². The number of fused-ring (bicyclic) bond motifs is 3. The summed E-state index contributed by atoms with van der Waals surface area (Å²) in [7, 11) is 1.91. The van der Waals surface area contributed by atoms with Gasteiger partial charge in [0.25, 0.3) is 0 Å². The molecule has 0 aliphatic heterocycles. The van der Waals surface area contributed by atoms with Crippen molar-refractivity contribution in [3.63, 3.8) is 0 Å². The molecule has 0 fully saturated rings. The van der Waals surface area contributed by atoms with E-state index in [1.54, 1.807) is 0 Å². The number of benzene rings is 2. The molecule has 1 aliphatic carbocycles. The van der Waals surface area contributed by atoms with E-state index in [4.69, 9.17) is 0 Å². The zero-order chi connectivity index (χ0) is 17.2. The molecular formula is C21H24BrNO. The van der Waals surface area contributed by atoms with Crippen LogP contribution in [0.15, 0.2) is 48.5 Å². The number of amides is 1. The number of carbonyl (C=O) groups excluding carboxylic acids is 1. The van der Waals surface area contributed by atoms with Crippen molar-refractivity contribution in [3.05, 3.63) is 59.7 Å². The summed E-state index contributed by atoms with van der Waals surface area (Å²) < 4.78 is 0. The summed E-state index contributed by atoms with van der Waals surface area (Å²) in [6.45, 7) is 2.76. The van der Waals surface area contributed by atoms with Crippen molar-refractivity contribution in [1.29, 1.82) is 0 Å². The molecule has 2 aromatic rings. The van der Waals surface area contributed by atoms with Crippen LogP contribution in [0.25, 0.3) is 11.1 Å². The van der Waals surface area contributed by atoms with Gasteiger partial charge in [-0.1, -0.05) is 70.9 Å². The van der Waals surface area contributed by atoms with Gasteiger partial charge in [-0.15, -0.1) is 0 Å². The lowest BCUT2D eigenvalue weighted by Gasteiger charge is -2.34. The first kappa shape index (κ1) is 17.2. The Balaban J connectivity index is 2.21. The molecule has 0 spiro atoms. The molecule has 0 unspecified atom stereocenters. The number of nitrogens with zero attached hydrogens (tertiary/aromatic N) is 1. The fourth-order valence-electron chi connectivity index (χ4n) is 3.89. The van der Waals surface area contributed by atoms with Crippen molar-refractivity contribution >= 4 is 21.8 Å². The fourth-order valence-corrected chi connectivity index (χ4v) is 4.28. The Hall–Kier alpha value is -1.61. The Morgan fingerprint density at radius 1 is 1.00 bits per heavy atom. The van der Waals surface area contributed by atoms with Gasteiger partial charge in [-0.25, -0.2) is 0 Å². The zero-order valence-corrected chi connectivity index (χ0v) is 16.0. The molecule has 0 bridgehead atoms. The Labute approximate surface area is 153 Å². The Kier molecular flexibility index (Phi) is 5.09. The predicted molar refractivity (Wildman–Crippen MR) is 104 cm³/mol. The number of likely N-dealkylation sites (N-methyl/N-ethyl adjacent to an activating group) is 1. The van der Waals surface area contributed by atoms with Gasteiger partial charge in [0.05, 0.1) is 0 Å². The number of rotatable bonds is 6. The molecule has 126 valence electrons. The Morgan fingerprint density at radius 2 is 1.54 bits per heavy atom. The molecule has 1 amide bonds. The van der Waals surface area contributed by atoms with Crippen LogP contribution < -0.4 is 0 Å². The van der Waals surface area contributed by atoms with Crippen LogP contribution in [0.2, 0.25) is 0 Å². The molecule has 0 atom stereocenters. The molecule has 0 heterocycles. The van der Waals surface area contributed by atoms with Crippen LogP contribution in [0.4, 0.5) is 0 Å². The summed E-state index contributed by atoms with van der Waals surface area (Å²) in [5, 5.41) is 0.976. The van der Waals surface area contributed by atoms with Gasteiger partial charge in [-0.3, -0.25) is 4.79 Å². The van der Waals surface area contributed by atoms with Gasteiger partial charge in [0, 0.05) is 18.9 Å². The lowest BCUT2D eigenvalue weighted by Crippen LogP contribution is -2.45. The minimum atomic E-state index is -0.542. The molecular weight excluding hydrogens is 362 g/mol. The summed E-state index contributed by atoms with van der Waals surface area (Å²) in [5.41, 5.74) is 4.23. The number of unbranched alkanes of at least 4 members (excludes halogenated alkanes) is 1. The maximum Gasteiger partial charge on any atom is 0.237 e. The van der Waals surface area contributed by atoms with E-state index in [2.05, 4.69) is 64.5 Å². The smallest absolute Gasteiger partial charge is 0.237 e. The highest BCUT2D eigenvalue weighted by atomic mass is 79.9. The van der Waals surface area contributed by atoms with Gasteiger partial charge >= 0.3 is 0 Å². The lowest BCUT2D eigenvalue weighted by molar-refractivity contribution is -0.134. The first-order valence-corrected chi connectivity index (χ1v) is 9.80. The van der Waals surface area contributed by atoms with Gasteiger partial charge in [0.1, 0.15) is 5.41 Å². The van der Waals surface area contributed by atoms with E-state index < -0.39 is 5.41 Å². The van der Waals surface area contributed by atoms with E-state index in [-0.39, 0.29) is 5.91 Å². The van der Waals surface area contributed by atoms with Crippen molar-refractivity contribution in [2.75, 3.05) is 18.9 Å². The predicted octanol–water partition coefficient (Wildman–Crippen LogP) is 5.00. The van der Waals surface area contributed by atoms with Crippen molar-refractivity contribution in [2.24, 2.45) is 0 Å². The molecule has 2 nitrogen and oxygen atoms in total. The Morgan fingerprint density at radius 3 is 2.04 bits per heavy atom. The van der Waals surface area contributed by atoms with Crippen LogP contribution in [0.1, 0.15) is 37.3 Å². The minimum Gasteiger partial charge on any atom is -0.345 e. The maximum absolute atomic E-state index is 13.5. The van der Waals surface area contributed by atoms with Crippen molar-refractivity contribution in [2.45, 2.75) is 31.6 Å². The van der Waals surface area contributed by atoms with Crippen LogP contribution >= 0.6 is 15.9 Å². The largest absolute Gasteiger partial charge is 0.345 e. The third-order valence-electron chi connectivity index (χ3n) is 5.19. The van der Waals surface area contributed by atoms with Crippen molar-refractivity contribution in [3.8, 4) is 11.1 Å². The zero-order valence-electron chi connectivity index (χ0n) is 14.4. The van der Waals surface area contributed by atoms with Crippen LogP contribution in [0.5, 0.6) is 0 Å². The molecule has 3 rings (SSSR count). The van der Waals surface area contributed by atoms with Crippen LogP contribution in [-0.2, 0) is 10.2 Å². The third kappa shape index (κ3) is 2.59. The normalized spacial score (nSPS) is 14.1. The minimum absolute atomic E-state index is 0.219. The van der Waals surface area contributed by atoms with E-state index in [0.717, 1.165) is 31.1 Å². The molecule has 0 saturated heterocycles. The highest BCUT2D eigenvalue weighted by Gasteiger charge is 2.49. The number of hydrogen-bond acceptors (Lipinski definition) is 1. The Bertz CT molecular complexity index is 695. The van der Waals surface area contributed by atoms with Crippen molar-refractivity contribution in [1.82, 2.24) is 4.90 Å². The first-order chi connectivity index (χ1) is 11.7. The number of alkyl halides is 1. The lowest BCUT2D eigenvalue weighted by atomic mass is 9.73. The second kappa shape index (κ2) is 7.10. The van der Waals surface area contributed by atoms with Gasteiger partial charge in [-0.05, 0) is 42.0 Å². The molecule has 1 aliphatic rings. The van der Waals surface area contributed by atoms with E-state index in [1.165, 1.54) is 22.3 Å². The average molecular weight is 386 g/mol. The quantitative estimate of drug-likeness (QED) is 0.506. The molecule has 0 radical (unpaired) electrons. The SMILES string of the molecule is CCN(C)C(=O)C1(CCCCBr)c2ccccc2-c2ccccc21. The summed E-state index contributed by atoms with van der Waals surface area (Å²) >= 11 is 3.52. The topological polar surface area (TPSA) is 20.3 Å². The van der Waals surface area contributed by atoms with Gasteiger partial charge in [0.2, 0.25) is 5.91 Å². The molecule has 0 saturated carbocycles. The molecule has 0 N–H and O–H groups in total. The summed E-state index contributed by atoms with van der Waals surface area (Å²) in [4.78, 5) is 15.4. The molecule has 2 aromatic carbocycles. The van der Waals surface area contributed by atoms with E-state index in [1.807, 2.05) is 18.9 Å². The third-order valence-corrected chi connectivity index (χ3v) is 5.75. The number of carbonyl (C=O) groups is 1. The summed E-state index contributed by atoms with van der Waals surface area (Å²) in [6, 6.07) is 16.8. The number of hydrogen-bond donors (Lipinski definition) is 0. The fraction of sp³-hybridized carbons (Fsp3) is 0.381. The highest BCUT2D eigenvalue weighted by Crippen LogP contribution is 2.52. The molecule has 3 heteroatoms. The average Bonchev–Trinajstić information content (AvgIpc) is 2.92. The standard InChI is InChI=1S/C21H24BrNO/c1-3-23(2)20(24)21(14-8-9-15-22)18-12-6-4-10-16(18)17-11-5-7-13-19(17)21/h4-7,10-13H,3,8-9,14-15H2,1-2H3. The summed E-state index contributed by atoms with van der Waals surface area (Å²) in [5.74, 6) is 0.219.